The molecular formula is C6H12N4O2S. The van der Waals surface area contributed by atoms with Crippen LogP contribution in [0.4, 0.5) is 0 Å². The van der Waals surface area contributed by atoms with Crippen LogP contribution in [0.15, 0.2) is 6.33 Å². The highest BCUT2D eigenvalue weighted by Gasteiger charge is 2.26. The first-order valence-corrected chi connectivity index (χ1v) is 5.55. The van der Waals surface area contributed by atoms with Crippen molar-refractivity contribution in [1.82, 2.24) is 19.9 Å². The van der Waals surface area contributed by atoms with Gasteiger partial charge in [-0.15, -0.1) is 0 Å². The molecule has 1 aromatic rings. The lowest BCUT2D eigenvalue weighted by Gasteiger charge is -2.21. The Bertz CT molecular complexity index is 367. The van der Waals surface area contributed by atoms with Gasteiger partial charge in [-0.05, 0) is 13.8 Å². The van der Waals surface area contributed by atoms with E-state index in [4.69, 9.17) is 0 Å². The summed E-state index contributed by atoms with van der Waals surface area (Å²) in [5.41, 5.74) is -0.760. The van der Waals surface area contributed by atoms with Crippen LogP contribution in [-0.2, 0) is 15.6 Å². The quantitative estimate of drug-likeness (QED) is 0.700. The molecular weight excluding hydrogens is 192 g/mol. The van der Waals surface area contributed by atoms with E-state index in [2.05, 4.69) is 19.9 Å². The molecule has 0 atom stereocenters. The van der Waals surface area contributed by atoms with Crippen molar-refractivity contribution in [2.75, 3.05) is 6.26 Å². The second-order valence-electron chi connectivity index (χ2n) is 3.33. The van der Waals surface area contributed by atoms with Gasteiger partial charge < -0.3 is 0 Å². The number of sulfonamides is 1. The lowest BCUT2D eigenvalue weighted by atomic mass is 10.1. The normalized spacial score (nSPS) is 13.2. The van der Waals surface area contributed by atoms with Gasteiger partial charge >= 0.3 is 0 Å². The molecule has 0 saturated heterocycles. The molecule has 0 aliphatic heterocycles. The Kier molecular flexibility index (Phi) is 2.40. The van der Waals surface area contributed by atoms with Gasteiger partial charge in [-0.1, -0.05) is 0 Å². The zero-order chi connectivity index (χ0) is 10.1. The van der Waals surface area contributed by atoms with Crippen LogP contribution in [0.2, 0.25) is 0 Å². The second kappa shape index (κ2) is 3.08. The molecule has 1 heterocycles. The second-order valence-corrected chi connectivity index (χ2v) is 5.08. The average molecular weight is 204 g/mol. The zero-order valence-corrected chi connectivity index (χ0v) is 8.51. The Morgan fingerprint density at radius 1 is 1.54 bits per heavy atom. The highest BCUT2D eigenvalue weighted by atomic mass is 32.2. The summed E-state index contributed by atoms with van der Waals surface area (Å²) in [6.45, 7) is 3.41. The summed E-state index contributed by atoms with van der Waals surface area (Å²) < 4.78 is 24.4. The standard InChI is InChI=1S/C6H12N4O2S/c1-6(2,10-13(3,11)12)5-7-4-8-9-5/h4,10H,1-3H3,(H,7,8,9). The first-order chi connectivity index (χ1) is 5.81. The first-order valence-electron chi connectivity index (χ1n) is 3.66. The predicted molar refractivity (Wildman–Crippen MR) is 47.4 cm³/mol. The minimum Gasteiger partial charge on any atom is -0.262 e. The Morgan fingerprint density at radius 3 is 2.54 bits per heavy atom. The topological polar surface area (TPSA) is 87.7 Å². The molecule has 2 N–H and O–H groups in total. The Hall–Kier alpha value is -0.950. The molecule has 0 aliphatic carbocycles. The maximum atomic E-state index is 11.0. The lowest BCUT2D eigenvalue weighted by Crippen LogP contribution is -2.41. The first kappa shape index (κ1) is 10.1. The van der Waals surface area contributed by atoms with Crippen molar-refractivity contribution in [3.05, 3.63) is 12.2 Å². The molecule has 6 nitrogen and oxygen atoms in total. The van der Waals surface area contributed by atoms with E-state index >= 15 is 0 Å². The molecule has 0 aliphatic rings. The minimum absolute atomic E-state index is 0.484. The fourth-order valence-corrected chi connectivity index (χ4v) is 2.04. The van der Waals surface area contributed by atoms with Crippen molar-refractivity contribution in [3.63, 3.8) is 0 Å². The third-order valence-electron chi connectivity index (χ3n) is 1.45. The molecule has 74 valence electrons. The summed E-state index contributed by atoms with van der Waals surface area (Å²) in [5.74, 6) is 0.484. The zero-order valence-electron chi connectivity index (χ0n) is 7.70. The molecule has 0 bridgehead atoms. The molecule has 0 radical (unpaired) electrons. The molecule has 1 aromatic heterocycles. The average Bonchev–Trinajstić information content (AvgIpc) is 2.29. The fourth-order valence-electron chi connectivity index (χ4n) is 1.02. The number of nitrogens with one attached hydrogen (secondary N) is 2. The van der Waals surface area contributed by atoms with Gasteiger partial charge in [0.25, 0.3) is 0 Å². The van der Waals surface area contributed by atoms with E-state index in [0.717, 1.165) is 6.26 Å². The predicted octanol–water partition coefficient (Wildman–Crippen LogP) is -0.411. The Labute approximate surface area is 76.8 Å². The lowest BCUT2D eigenvalue weighted by molar-refractivity contribution is 0.450. The smallest absolute Gasteiger partial charge is 0.209 e. The summed E-state index contributed by atoms with van der Waals surface area (Å²) in [5, 5.41) is 6.26. The minimum atomic E-state index is -3.25. The summed E-state index contributed by atoms with van der Waals surface area (Å²) in [6.07, 6.45) is 2.44. The molecule has 0 unspecified atom stereocenters. The molecule has 0 spiro atoms. The number of rotatable bonds is 3. The van der Waals surface area contributed by atoms with Crippen LogP contribution in [0.5, 0.6) is 0 Å². The third-order valence-corrected chi connectivity index (χ3v) is 2.33. The van der Waals surface area contributed by atoms with E-state index < -0.39 is 15.6 Å². The van der Waals surface area contributed by atoms with Gasteiger partial charge in [-0.25, -0.2) is 18.1 Å². The molecule has 0 fully saturated rings. The van der Waals surface area contributed by atoms with Crippen LogP contribution in [0.1, 0.15) is 19.7 Å². The molecule has 13 heavy (non-hydrogen) atoms. The molecule has 7 heteroatoms. The Balaban J connectivity index is 2.91. The van der Waals surface area contributed by atoms with Crippen molar-refractivity contribution in [2.24, 2.45) is 0 Å². The van der Waals surface area contributed by atoms with Gasteiger partial charge in [0.1, 0.15) is 12.2 Å². The number of hydrogen-bond donors (Lipinski definition) is 2. The molecule has 1 rings (SSSR count). The highest BCUT2D eigenvalue weighted by Crippen LogP contribution is 2.14. The highest BCUT2D eigenvalue weighted by molar-refractivity contribution is 7.88. The van der Waals surface area contributed by atoms with Crippen LogP contribution in [0.25, 0.3) is 0 Å². The summed E-state index contributed by atoms with van der Waals surface area (Å²) in [6, 6.07) is 0. The van der Waals surface area contributed by atoms with Crippen LogP contribution >= 0.6 is 0 Å². The third kappa shape index (κ3) is 2.78. The van der Waals surface area contributed by atoms with Gasteiger partial charge in [0.15, 0.2) is 0 Å². The number of nitrogens with zero attached hydrogens (tertiary/aromatic N) is 2. The summed E-state index contributed by atoms with van der Waals surface area (Å²) in [4.78, 5) is 3.88. The van der Waals surface area contributed by atoms with Crippen LogP contribution in [-0.4, -0.2) is 29.9 Å². The molecule has 0 saturated carbocycles. The van der Waals surface area contributed by atoms with Crippen molar-refractivity contribution < 1.29 is 8.42 Å². The van der Waals surface area contributed by atoms with E-state index in [0.29, 0.717) is 5.82 Å². The van der Waals surface area contributed by atoms with Gasteiger partial charge in [0.2, 0.25) is 10.0 Å². The van der Waals surface area contributed by atoms with E-state index in [1.807, 2.05) is 0 Å². The Morgan fingerprint density at radius 2 is 2.15 bits per heavy atom. The fraction of sp³-hybridized carbons (Fsp3) is 0.667. The maximum Gasteiger partial charge on any atom is 0.209 e. The van der Waals surface area contributed by atoms with Crippen molar-refractivity contribution in [1.29, 1.82) is 0 Å². The van der Waals surface area contributed by atoms with Gasteiger partial charge in [-0.3, -0.25) is 5.10 Å². The van der Waals surface area contributed by atoms with Crippen molar-refractivity contribution in [3.8, 4) is 0 Å². The number of aromatic amines is 1. The summed E-state index contributed by atoms with van der Waals surface area (Å²) >= 11 is 0. The monoisotopic (exact) mass is 204 g/mol. The van der Waals surface area contributed by atoms with E-state index in [9.17, 15) is 8.42 Å². The van der Waals surface area contributed by atoms with Gasteiger partial charge in [0.05, 0.1) is 11.8 Å². The number of aromatic nitrogens is 3. The van der Waals surface area contributed by atoms with E-state index in [-0.39, 0.29) is 0 Å². The largest absolute Gasteiger partial charge is 0.262 e. The van der Waals surface area contributed by atoms with Crippen molar-refractivity contribution in [2.45, 2.75) is 19.4 Å². The SMILES string of the molecule is CC(C)(NS(C)(=O)=O)c1ncn[nH]1. The van der Waals surface area contributed by atoms with Crippen molar-refractivity contribution >= 4 is 10.0 Å². The maximum absolute atomic E-state index is 11.0. The van der Waals surface area contributed by atoms with Gasteiger partial charge in [0, 0.05) is 0 Å². The van der Waals surface area contributed by atoms with Crippen LogP contribution < -0.4 is 4.72 Å². The van der Waals surface area contributed by atoms with E-state index in [1.165, 1.54) is 6.33 Å². The van der Waals surface area contributed by atoms with Crippen LogP contribution in [0.3, 0.4) is 0 Å². The van der Waals surface area contributed by atoms with Crippen LogP contribution in [0, 0.1) is 0 Å². The number of H-pyrrole nitrogens is 1. The van der Waals surface area contributed by atoms with Gasteiger partial charge in [-0.2, -0.15) is 5.10 Å². The van der Waals surface area contributed by atoms with E-state index in [1.54, 1.807) is 13.8 Å². The number of hydrogen-bond acceptors (Lipinski definition) is 4. The molecule has 0 amide bonds. The molecule has 0 aromatic carbocycles. The summed E-state index contributed by atoms with van der Waals surface area (Å²) in [7, 11) is -3.25.